The third kappa shape index (κ3) is 3.02. The van der Waals surface area contributed by atoms with E-state index in [-0.39, 0.29) is 12.7 Å². The first kappa shape index (κ1) is 17.7. The Morgan fingerprint density at radius 1 is 1.15 bits per heavy atom. The second-order valence-corrected chi connectivity index (χ2v) is 8.24. The maximum absolute atomic E-state index is 13.0. The van der Waals surface area contributed by atoms with Crippen LogP contribution in [-0.4, -0.2) is 22.7 Å². The number of fused-ring (bicyclic) bond motifs is 2. The number of aryl methyl sites for hydroxylation is 3. The van der Waals surface area contributed by atoms with Crippen molar-refractivity contribution in [3.05, 3.63) is 45.7 Å². The monoisotopic (exact) mass is 383 g/mol. The van der Waals surface area contributed by atoms with Gasteiger partial charge < -0.3 is 14.8 Å². The van der Waals surface area contributed by atoms with E-state index >= 15 is 0 Å². The van der Waals surface area contributed by atoms with Crippen LogP contribution in [0, 0.1) is 20.8 Å². The van der Waals surface area contributed by atoms with Gasteiger partial charge in [0.25, 0.3) is 5.91 Å². The Bertz CT molecular complexity index is 1070. The fraction of sp³-hybridized carbons (Fsp3) is 0.350. The Balaban J connectivity index is 1.66. The first-order valence-corrected chi connectivity index (χ1v) is 9.55. The van der Waals surface area contributed by atoms with Gasteiger partial charge in [-0.1, -0.05) is 6.07 Å². The molecule has 7 heteroatoms. The minimum absolute atomic E-state index is 0.116. The molecule has 0 spiro atoms. The number of benzene rings is 1. The van der Waals surface area contributed by atoms with Gasteiger partial charge in [-0.25, -0.2) is 9.97 Å². The lowest BCUT2D eigenvalue weighted by Gasteiger charge is -2.27. The Morgan fingerprint density at radius 2 is 1.89 bits per heavy atom. The molecule has 0 fully saturated rings. The summed E-state index contributed by atoms with van der Waals surface area (Å²) in [5.74, 6) is 2.03. The molecule has 1 aromatic carbocycles. The van der Waals surface area contributed by atoms with Crippen LogP contribution in [0.1, 0.15) is 46.2 Å². The number of aromatic nitrogens is 2. The van der Waals surface area contributed by atoms with Gasteiger partial charge >= 0.3 is 0 Å². The van der Waals surface area contributed by atoms with Gasteiger partial charge in [-0.15, -0.1) is 11.3 Å². The highest BCUT2D eigenvalue weighted by atomic mass is 32.1. The fourth-order valence-electron chi connectivity index (χ4n) is 3.39. The van der Waals surface area contributed by atoms with Crippen LogP contribution in [-0.2, 0) is 5.54 Å². The minimum atomic E-state index is -0.572. The molecule has 0 saturated carbocycles. The molecule has 1 N–H and O–H groups in total. The first-order valence-electron chi connectivity index (χ1n) is 8.73. The molecular weight excluding hydrogens is 362 g/mol. The molecule has 27 heavy (non-hydrogen) atoms. The van der Waals surface area contributed by atoms with Crippen molar-refractivity contribution in [3.8, 4) is 11.5 Å². The van der Waals surface area contributed by atoms with E-state index in [4.69, 9.17) is 9.47 Å². The van der Waals surface area contributed by atoms with E-state index in [0.717, 1.165) is 32.8 Å². The van der Waals surface area contributed by atoms with Gasteiger partial charge in [0.05, 0.1) is 10.4 Å². The zero-order valence-electron chi connectivity index (χ0n) is 16.0. The molecule has 3 aromatic rings. The molecule has 1 aliphatic rings. The Morgan fingerprint density at radius 3 is 2.67 bits per heavy atom. The second-order valence-electron chi connectivity index (χ2n) is 7.24. The quantitative estimate of drug-likeness (QED) is 0.740. The fourth-order valence-corrected chi connectivity index (χ4v) is 4.56. The highest BCUT2D eigenvalue weighted by Crippen LogP contribution is 2.36. The number of rotatable bonds is 3. The summed E-state index contributed by atoms with van der Waals surface area (Å²) >= 11 is 1.41. The molecular formula is C20H21N3O3S. The van der Waals surface area contributed by atoms with E-state index in [1.165, 1.54) is 11.3 Å². The van der Waals surface area contributed by atoms with Crippen molar-refractivity contribution in [1.82, 2.24) is 15.3 Å². The van der Waals surface area contributed by atoms with Crippen LogP contribution in [0.2, 0.25) is 0 Å². The lowest BCUT2D eigenvalue weighted by atomic mass is 9.93. The van der Waals surface area contributed by atoms with Crippen LogP contribution >= 0.6 is 11.3 Å². The highest BCUT2D eigenvalue weighted by molar-refractivity contribution is 7.20. The van der Waals surface area contributed by atoms with Crippen molar-refractivity contribution in [2.45, 2.75) is 40.2 Å². The number of carbonyl (C=O) groups is 1. The van der Waals surface area contributed by atoms with Gasteiger partial charge in [0.1, 0.15) is 10.7 Å². The summed E-state index contributed by atoms with van der Waals surface area (Å²) in [5, 5.41) is 4.11. The van der Waals surface area contributed by atoms with Gasteiger partial charge in [-0.2, -0.15) is 0 Å². The Kier molecular flexibility index (Phi) is 4.07. The summed E-state index contributed by atoms with van der Waals surface area (Å²) in [6, 6.07) is 5.74. The third-order valence-electron chi connectivity index (χ3n) is 4.81. The van der Waals surface area contributed by atoms with Gasteiger partial charge in [-0.3, -0.25) is 4.79 Å². The molecule has 0 saturated heterocycles. The van der Waals surface area contributed by atoms with Crippen LogP contribution in [0.15, 0.2) is 18.2 Å². The molecule has 0 atom stereocenters. The molecule has 0 aliphatic carbocycles. The Hall–Kier alpha value is -2.67. The number of amides is 1. The predicted molar refractivity (Wildman–Crippen MR) is 105 cm³/mol. The molecule has 3 heterocycles. The first-order chi connectivity index (χ1) is 12.8. The lowest BCUT2D eigenvalue weighted by molar-refractivity contribution is 0.0915. The standard InChI is InChI=1S/C20H21N3O3S/c1-10-16-11(2)21-12(3)22-19(16)27-17(10)18(24)23-20(4,5)13-6-7-14-15(8-13)26-9-25-14/h6-8H,9H2,1-5H3,(H,23,24). The SMILES string of the molecule is Cc1nc(C)c2c(C)c(C(=O)NC(C)(C)c3ccc4c(c3)OCO4)sc2n1. The van der Waals surface area contributed by atoms with Crippen molar-refractivity contribution >= 4 is 27.5 Å². The topological polar surface area (TPSA) is 73.3 Å². The molecule has 4 rings (SSSR count). The molecule has 6 nitrogen and oxygen atoms in total. The minimum Gasteiger partial charge on any atom is -0.454 e. The summed E-state index contributed by atoms with van der Waals surface area (Å²) in [7, 11) is 0. The van der Waals surface area contributed by atoms with Gasteiger partial charge in [-0.05, 0) is 57.9 Å². The molecule has 140 valence electrons. The lowest BCUT2D eigenvalue weighted by Crippen LogP contribution is -2.40. The summed E-state index contributed by atoms with van der Waals surface area (Å²) in [4.78, 5) is 23.5. The smallest absolute Gasteiger partial charge is 0.262 e. The predicted octanol–water partition coefficient (Wildman–Crippen LogP) is 4.01. The van der Waals surface area contributed by atoms with Crippen LogP contribution in [0.25, 0.3) is 10.2 Å². The number of hydrogen-bond acceptors (Lipinski definition) is 6. The van der Waals surface area contributed by atoms with Crippen LogP contribution in [0.4, 0.5) is 0 Å². The van der Waals surface area contributed by atoms with E-state index in [0.29, 0.717) is 16.5 Å². The number of nitrogens with zero attached hydrogens (tertiary/aromatic N) is 2. The molecule has 2 aromatic heterocycles. The number of hydrogen-bond donors (Lipinski definition) is 1. The van der Waals surface area contributed by atoms with Gasteiger partial charge in [0, 0.05) is 11.1 Å². The van der Waals surface area contributed by atoms with E-state index in [1.807, 2.05) is 52.8 Å². The van der Waals surface area contributed by atoms with Crippen molar-refractivity contribution in [1.29, 1.82) is 0 Å². The van der Waals surface area contributed by atoms with Crippen molar-refractivity contribution in [3.63, 3.8) is 0 Å². The number of thiophene rings is 1. The third-order valence-corrected chi connectivity index (χ3v) is 5.99. The average Bonchev–Trinajstić information content (AvgIpc) is 3.18. The number of nitrogens with one attached hydrogen (secondary N) is 1. The van der Waals surface area contributed by atoms with E-state index in [9.17, 15) is 4.79 Å². The highest BCUT2D eigenvalue weighted by Gasteiger charge is 2.28. The van der Waals surface area contributed by atoms with E-state index < -0.39 is 5.54 Å². The summed E-state index contributed by atoms with van der Waals surface area (Å²) in [5.41, 5.74) is 2.20. The largest absolute Gasteiger partial charge is 0.454 e. The van der Waals surface area contributed by atoms with Gasteiger partial charge in [0.2, 0.25) is 6.79 Å². The normalized spacial score (nSPS) is 13.2. The maximum atomic E-state index is 13.0. The number of ether oxygens (including phenoxy) is 2. The van der Waals surface area contributed by atoms with Crippen LogP contribution < -0.4 is 14.8 Å². The maximum Gasteiger partial charge on any atom is 0.262 e. The van der Waals surface area contributed by atoms with E-state index in [1.54, 1.807) is 0 Å². The zero-order valence-corrected chi connectivity index (χ0v) is 16.8. The average molecular weight is 383 g/mol. The zero-order chi connectivity index (χ0) is 19.3. The molecule has 0 radical (unpaired) electrons. The van der Waals surface area contributed by atoms with Crippen molar-refractivity contribution in [2.75, 3.05) is 6.79 Å². The molecule has 1 amide bonds. The van der Waals surface area contributed by atoms with Gasteiger partial charge in [0.15, 0.2) is 11.5 Å². The van der Waals surface area contributed by atoms with Crippen molar-refractivity contribution < 1.29 is 14.3 Å². The number of carbonyl (C=O) groups excluding carboxylic acids is 1. The molecule has 1 aliphatic heterocycles. The van der Waals surface area contributed by atoms with E-state index in [2.05, 4.69) is 15.3 Å². The Labute approximate surface area is 161 Å². The molecule has 0 bridgehead atoms. The van der Waals surface area contributed by atoms with Crippen LogP contribution in [0.3, 0.4) is 0 Å². The second kappa shape index (κ2) is 6.20. The molecule has 0 unspecified atom stereocenters. The summed E-state index contributed by atoms with van der Waals surface area (Å²) in [6.45, 7) is 9.94. The van der Waals surface area contributed by atoms with Crippen LogP contribution in [0.5, 0.6) is 11.5 Å². The summed E-state index contributed by atoms with van der Waals surface area (Å²) < 4.78 is 10.8. The van der Waals surface area contributed by atoms with Crippen molar-refractivity contribution in [2.24, 2.45) is 0 Å². The summed E-state index contributed by atoms with van der Waals surface area (Å²) in [6.07, 6.45) is 0.